The molecular formula is C21H25N5O3. The first-order valence-electron chi connectivity index (χ1n) is 10.0. The Labute approximate surface area is 169 Å². The third-order valence-electron chi connectivity index (χ3n) is 5.29. The van der Waals surface area contributed by atoms with Crippen LogP contribution >= 0.6 is 0 Å². The van der Waals surface area contributed by atoms with Gasteiger partial charge in [-0.3, -0.25) is 9.59 Å². The van der Waals surface area contributed by atoms with Crippen molar-refractivity contribution < 1.29 is 14.3 Å². The Kier molecular flexibility index (Phi) is 6.00. The summed E-state index contributed by atoms with van der Waals surface area (Å²) in [5.74, 6) is 0.443. The number of anilines is 1. The minimum absolute atomic E-state index is 0.0626. The van der Waals surface area contributed by atoms with Gasteiger partial charge in [0, 0.05) is 62.9 Å². The van der Waals surface area contributed by atoms with Gasteiger partial charge in [0.15, 0.2) is 0 Å². The van der Waals surface area contributed by atoms with Crippen LogP contribution in [0.1, 0.15) is 33.6 Å². The van der Waals surface area contributed by atoms with Crippen molar-refractivity contribution in [1.82, 2.24) is 20.2 Å². The standard InChI is InChI=1S/C21H25N5O3/c27-19(24-15-18-6-2-13-29-18)16-4-1-5-17(14-16)20(28)25-9-11-26(12-10-25)21-22-7-3-8-23-21/h1,3-5,7-8,14,18H,2,6,9-13,15H2,(H,24,27). The highest BCUT2D eigenvalue weighted by atomic mass is 16.5. The Morgan fingerprint density at radius 2 is 1.83 bits per heavy atom. The fourth-order valence-electron chi connectivity index (χ4n) is 3.65. The minimum Gasteiger partial charge on any atom is -0.376 e. The second-order valence-electron chi connectivity index (χ2n) is 7.25. The highest BCUT2D eigenvalue weighted by Gasteiger charge is 2.24. The predicted molar refractivity (Wildman–Crippen MR) is 108 cm³/mol. The number of hydrogen-bond acceptors (Lipinski definition) is 6. The van der Waals surface area contributed by atoms with Crippen molar-refractivity contribution in [2.75, 3.05) is 44.2 Å². The summed E-state index contributed by atoms with van der Waals surface area (Å²) in [5.41, 5.74) is 1.02. The summed E-state index contributed by atoms with van der Waals surface area (Å²) >= 11 is 0. The number of nitrogens with zero attached hydrogens (tertiary/aromatic N) is 4. The molecule has 3 heterocycles. The van der Waals surface area contributed by atoms with Crippen molar-refractivity contribution in [3.8, 4) is 0 Å². The van der Waals surface area contributed by atoms with Gasteiger partial charge >= 0.3 is 0 Å². The molecule has 8 nitrogen and oxygen atoms in total. The molecule has 0 radical (unpaired) electrons. The van der Waals surface area contributed by atoms with Gasteiger partial charge in [-0.05, 0) is 37.1 Å². The van der Waals surface area contributed by atoms with E-state index >= 15 is 0 Å². The minimum atomic E-state index is -0.179. The molecular weight excluding hydrogens is 370 g/mol. The molecule has 1 aromatic carbocycles. The van der Waals surface area contributed by atoms with Crippen LogP contribution in [0.2, 0.25) is 0 Å². The Morgan fingerprint density at radius 3 is 2.55 bits per heavy atom. The lowest BCUT2D eigenvalue weighted by atomic mass is 10.1. The number of carbonyl (C=O) groups is 2. The first-order chi connectivity index (χ1) is 14.2. The molecule has 0 spiro atoms. The zero-order chi connectivity index (χ0) is 20.1. The van der Waals surface area contributed by atoms with Crippen LogP contribution in [0, 0.1) is 0 Å². The van der Waals surface area contributed by atoms with Gasteiger partial charge in [0.25, 0.3) is 11.8 Å². The molecule has 2 aliphatic rings. The van der Waals surface area contributed by atoms with Gasteiger partial charge in [0.2, 0.25) is 5.95 Å². The molecule has 0 saturated carbocycles. The van der Waals surface area contributed by atoms with Crippen LogP contribution in [0.3, 0.4) is 0 Å². The molecule has 8 heteroatoms. The van der Waals surface area contributed by atoms with Crippen molar-refractivity contribution in [1.29, 1.82) is 0 Å². The topological polar surface area (TPSA) is 87.7 Å². The number of ether oxygens (including phenoxy) is 1. The Morgan fingerprint density at radius 1 is 1.07 bits per heavy atom. The van der Waals surface area contributed by atoms with E-state index in [1.165, 1.54) is 0 Å². The van der Waals surface area contributed by atoms with Crippen LogP contribution in [0.25, 0.3) is 0 Å². The van der Waals surface area contributed by atoms with E-state index in [-0.39, 0.29) is 17.9 Å². The first-order valence-corrected chi connectivity index (χ1v) is 10.0. The largest absolute Gasteiger partial charge is 0.376 e. The average molecular weight is 395 g/mol. The second kappa shape index (κ2) is 9.00. The number of piperazine rings is 1. The number of benzene rings is 1. The Bertz CT molecular complexity index is 846. The quantitative estimate of drug-likeness (QED) is 0.822. The van der Waals surface area contributed by atoms with E-state index < -0.39 is 0 Å². The lowest BCUT2D eigenvalue weighted by Gasteiger charge is -2.34. The third kappa shape index (κ3) is 4.71. The molecule has 2 aliphatic heterocycles. The zero-order valence-corrected chi connectivity index (χ0v) is 16.3. The van der Waals surface area contributed by atoms with E-state index in [4.69, 9.17) is 4.74 Å². The summed E-state index contributed by atoms with van der Waals surface area (Å²) < 4.78 is 5.53. The van der Waals surface area contributed by atoms with Crippen LogP contribution in [0.15, 0.2) is 42.7 Å². The fourth-order valence-corrected chi connectivity index (χ4v) is 3.65. The summed E-state index contributed by atoms with van der Waals surface area (Å²) in [4.78, 5) is 37.8. The number of hydrogen-bond donors (Lipinski definition) is 1. The number of carbonyl (C=O) groups excluding carboxylic acids is 2. The average Bonchev–Trinajstić information content (AvgIpc) is 3.31. The molecule has 1 N–H and O–H groups in total. The van der Waals surface area contributed by atoms with E-state index in [1.54, 1.807) is 42.7 Å². The smallest absolute Gasteiger partial charge is 0.253 e. The monoisotopic (exact) mass is 395 g/mol. The Hall–Kier alpha value is -3.00. The maximum Gasteiger partial charge on any atom is 0.253 e. The summed E-state index contributed by atoms with van der Waals surface area (Å²) in [5, 5.41) is 2.90. The van der Waals surface area contributed by atoms with Gasteiger partial charge in [0.05, 0.1) is 6.10 Å². The maximum atomic E-state index is 12.9. The fraction of sp³-hybridized carbons (Fsp3) is 0.429. The molecule has 2 amide bonds. The van der Waals surface area contributed by atoms with E-state index in [1.807, 2.05) is 4.90 Å². The molecule has 4 rings (SSSR count). The van der Waals surface area contributed by atoms with Crippen LogP contribution < -0.4 is 10.2 Å². The van der Waals surface area contributed by atoms with Gasteiger partial charge in [-0.15, -0.1) is 0 Å². The molecule has 152 valence electrons. The van der Waals surface area contributed by atoms with Gasteiger partial charge in [-0.25, -0.2) is 9.97 Å². The van der Waals surface area contributed by atoms with Crippen molar-refractivity contribution in [3.05, 3.63) is 53.9 Å². The van der Waals surface area contributed by atoms with E-state index in [0.29, 0.717) is 49.8 Å². The SMILES string of the molecule is O=C(NCC1CCCO1)c1cccc(C(=O)N2CCN(c3ncccn3)CC2)c1. The van der Waals surface area contributed by atoms with Crippen molar-refractivity contribution in [3.63, 3.8) is 0 Å². The van der Waals surface area contributed by atoms with Crippen LogP contribution in [-0.2, 0) is 4.74 Å². The third-order valence-corrected chi connectivity index (χ3v) is 5.29. The summed E-state index contributed by atoms with van der Waals surface area (Å²) in [7, 11) is 0. The molecule has 1 atom stereocenters. The van der Waals surface area contributed by atoms with E-state index in [9.17, 15) is 9.59 Å². The first kappa shape index (κ1) is 19.3. The van der Waals surface area contributed by atoms with Crippen molar-refractivity contribution in [2.45, 2.75) is 18.9 Å². The number of aromatic nitrogens is 2. The molecule has 1 unspecified atom stereocenters. The predicted octanol–water partition coefficient (Wildman–Crippen LogP) is 1.35. The van der Waals surface area contributed by atoms with Crippen LogP contribution in [-0.4, -0.2) is 72.1 Å². The molecule has 2 saturated heterocycles. The van der Waals surface area contributed by atoms with Crippen LogP contribution in [0.5, 0.6) is 0 Å². The maximum absolute atomic E-state index is 12.9. The molecule has 0 bridgehead atoms. The molecule has 29 heavy (non-hydrogen) atoms. The normalized spacial score (nSPS) is 19.2. The number of nitrogens with one attached hydrogen (secondary N) is 1. The lowest BCUT2D eigenvalue weighted by Crippen LogP contribution is -2.49. The lowest BCUT2D eigenvalue weighted by molar-refractivity contribution is 0.0746. The molecule has 2 aromatic rings. The number of amides is 2. The van der Waals surface area contributed by atoms with Crippen molar-refractivity contribution >= 4 is 17.8 Å². The van der Waals surface area contributed by atoms with E-state index in [0.717, 1.165) is 19.4 Å². The van der Waals surface area contributed by atoms with E-state index in [2.05, 4.69) is 20.2 Å². The van der Waals surface area contributed by atoms with Gasteiger partial charge < -0.3 is 19.9 Å². The Balaban J connectivity index is 1.34. The van der Waals surface area contributed by atoms with Gasteiger partial charge in [-0.1, -0.05) is 6.07 Å². The summed E-state index contributed by atoms with van der Waals surface area (Å²) in [6.07, 6.45) is 5.53. The molecule has 0 aliphatic carbocycles. The molecule has 1 aromatic heterocycles. The highest BCUT2D eigenvalue weighted by molar-refractivity contribution is 5.99. The number of rotatable bonds is 5. The zero-order valence-electron chi connectivity index (χ0n) is 16.3. The van der Waals surface area contributed by atoms with Gasteiger partial charge in [0.1, 0.15) is 0 Å². The van der Waals surface area contributed by atoms with Gasteiger partial charge in [-0.2, -0.15) is 0 Å². The molecule has 2 fully saturated rings. The summed E-state index contributed by atoms with van der Waals surface area (Å²) in [6, 6.07) is 8.69. The highest BCUT2D eigenvalue weighted by Crippen LogP contribution is 2.15. The van der Waals surface area contributed by atoms with Crippen molar-refractivity contribution in [2.24, 2.45) is 0 Å². The van der Waals surface area contributed by atoms with Crippen LogP contribution in [0.4, 0.5) is 5.95 Å². The second-order valence-corrected chi connectivity index (χ2v) is 7.25. The summed E-state index contributed by atoms with van der Waals surface area (Å²) in [6.45, 7) is 3.79.